The van der Waals surface area contributed by atoms with Crippen LogP contribution in [-0.4, -0.2) is 28.9 Å². The van der Waals surface area contributed by atoms with Crippen LogP contribution in [0.4, 0.5) is 18.9 Å². The van der Waals surface area contributed by atoms with Crippen LogP contribution in [0.1, 0.15) is 5.56 Å². The van der Waals surface area contributed by atoms with Crippen molar-refractivity contribution in [3.63, 3.8) is 0 Å². The van der Waals surface area contributed by atoms with Gasteiger partial charge in [0.25, 0.3) is 5.91 Å². The van der Waals surface area contributed by atoms with Gasteiger partial charge in [0.15, 0.2) is 0 Å². The van der Waals surface area contributed by atoms with Crippen molar-refractivity contribution in [2.45, 2.75) is 6.18 Å². The zero-order valence-electron chi connectivity index (χ0n) is 12.2. The fraction of sp³-hybridized carbons (Fsp3) is 0.200. The molecule has 0 fully saturated rings. The number of carbonyl (C=O) groups is 1. The minimum Gasteiger partial charge on any atom is -0.494 e. The van der Waals surface area contributed by atoms with Crippen molar-refractivity contribution >= 4 is 11.6 Å². The number of hydrogen-bond donors (Lipinski definition) is 1. The molecule has 2 aromatic rings. The van der Waals surface area contributed by atoms with E-state index in [-0.39, 0.29) is 18.1 Å². The van der Waals surface area contributed by atoms with E-state index in [1.54, 1.807) is 12.3 Å². The number of hydrogen-bond acceptors (Lipinski definition) is 4. The number of nitrogens with zero attached hydrogens (tertiary/aromatic N) is 2. The Balaban J connectivity index is 1.96. The van der Waals surface area contributed by atoms with Gasteiger partial charge in [0.05, 0.1) is 16.9 Å². The number of carbonyl (C=O) groups excluding carboxylic acids is 1. The van der Waals surface area contributed by atoms with Gasteiger partial charge in [-0.25, -0.2) is 4.68 Å². The highest BCUT2D eigenvalue weighted by atomic mass is 19.4. The fourth-order valence-electron chi connectivity index (χ4n) is 2.09. The molecule has 0 saturated heterocycles. The first kappa shape index (κ1) is 15.9. The van der Waals surface area contributed by atoms with Gasteiger partial charge in [-0.05, 0) is 24.3 Å². The lowest BCUT2D eigenvalue weighted by atomic mass is 10.1. The number of alkyl halides is 3. The first-order valence-corrected chi connectivity index (χ1v) is 6.92. The Labute approximate surface area is 134 Å². The Morgan fingerprint density at radius 3 is 2.75 bits per heavy atom. The minimum absolute atomic E-state index is 0.0476. The lowest BCUT2D eigenvalue weighted by Crippen LogP contribution is -2.22. The molecule has 9 heteroatoms. The zero-order chi connectivity index (χ0) is 17.2. The summed E-state index contributed by atoms with van der Waals surface area (Å²) in [5.41, 5.74) is -0.643. The SMILES string of the molecule is O=C(Nc1cc(C(F)(F)F)ccc1-n1cccn1)C1=COCCO1. The summed E-state index contributed by atoms with van der Waals surface area (Å²) >= 11 is 0. The van der Waals surface area contributed by atoms with Crippen LogP contribution in [0, 0.1) is 0 Å². The van der Waals surface area contributed by atoms with Gasteiger partial charge in [-0.15, -0.1) is 0 Å². The Kier molecular flexibility index (Phi) is 4.15. The molecule has 1 aromatic heterocycles. The lowest BCUT2D eigenvalue weighted by molar-refractivity contribution is -0.137. The van der Waals surface area contributed by atoms with E-state index in [0.29, 0.717) is 12.3 Å². The molecule has 6 nitrogen and oxygen atoms in total. The molecule has 0 spiro atoms. The van der Waals surface area contributed by atoms with Crippen molar-refractivity contribution in [1.82, 2.24) is 9.78 Å². The summed E-state index contributed by atoms with van der Waals surface area (Å²) in [5, 5.41) is 6.38. The van der Waals surface area contributed by atoms with Crippen LogP contribution in [0.25, 0.3) is 5.69 Å². The molecule has 2 heterocycles. The molecule has 0 aliphatic carbocycles. The third kappa shape index (κ3) is 3.34. The average molecular weight is 339 g/mol. The number of anilines is 1. The normalized spacial score (nSPS) is 14.4. The smallest absolute Gasteiger partial charge is 0.416 e. The molecule has 1 N–H and O–H groups in total. The number of rotatable bonds is 3. The molecule has 1 aliphatic heterocycles. The van der Waals surface area contributed by atoms with Gasteiger partial charge >= 0.3 is 6.18 Å². The van der Waals surface area contributed by atoms with Crippen molar-refractivity contribution in [3.8, 4) is 5.69 Å². The maximum Gasteiger partial charge on any atom is 0.416 e. The first-order chi connectivity index (χ1) is 11.4. The second kappa shape index (κ2) is 6.26. The summed E-state index contributed by atoms with van der Waals surface area (Å²) in [7, 11) is 0. The standard InChI is InChI=1S/C15H12F3N3O3/c16-15(17,18)10-2-3-12(21-5-1-4-19-21)11(8-10)20-14(22)13-9-23-6-7-24-13/h1-5,8-9H,6-7H2,(H,20,22). The highest BCUT2D eigenvalue weighted by Gasteiger charge is 2.31. The van der Waals surface area contributed by atoms with Gasteiger partial charge in [0.1, 0.15) is 19.5 Å². The van der Waals surface area contributed by atoms with E-state index < -0.39 is 17.6 Å². The number of aromatic nitrogens is 2. The second-order valence-electron chi connectivity index (χ2n) is 4.84. The van der Waals surface area contributed by atoms with Gasteiger partial charge in [-0.2, -0.15) is 18.3 Å². The summed E-state index contributed by atoms with van der Waals surface area (Å²) in [5.74, 6) is -0.812. The molecule has 24 heavy (non-hydrogen) atoms. The van der Waals surface area contributed by atoms with Crippen LogP contribution in [0.15, 0.2) is 48.7 Å². The Morgan fingerprint density at radius 2 is 2.12 bits per heavy atom. The number of nitrogens with one attached hydrogen (secondary N) is 1. The highest BCUT2D eigenvalue weighted by Crippen LogP contribution is 2.33. The van der Waals surface area contributed by atoms with Gasteiger partial charge < -0.3 is 14.8 Å². The summed E-state index contributed by atoms with van der Waals surface area (Å²) in [6.45, 7) is 0.493. The molecule has 3 rings (SSSR count). The zero-order valence-corrected chi connectivity index (χ0v) is 12.2. The number of halogens is 3. The molecule has 0 saturated carbocycles. The van der Waals surface area contributed by atoms with Crippen molar-refractivity contribution in [1.29, 1.82) is 0 Å². The average Bonchev–Trinajstić information content (AvgIpc) is 3.09. The van der Waals surface area contributed by atoms with Crippen LogP contribution in [-0.2, 0) is 20.4 Å². The van der Waals surface area contributed by atoms with E-state index in [9.17, 15) is 18.0 Å². The third-order valence-corrected chi connectivity index (χ3v) is 3.20. The molecule has 0 radical (unpaired) electrons. The highest BCUT2D eigenvalue weighted by molar-refractivity contribution is 6.03. The first-order valence-electron chi connectivity index (χ1n) is 6.92. The number of ether oxygens (including phenoxy) is 2. The van der Waals surface area contributed by atoms with Gasteiger partial charge in [-0.3, -0.25) is 4.79 Å². The molecule has 1 aliphatic rings. The van der Waals surface area contributed by atoms with Crippen LogP contribution in [0.5, 0.6) is 0 Å². The van der Waals surface area contributed by atoms with E-state index in [0.717, 1.165) is 18.4 Å². The largest absolute Gasteiger partial charge is 0.494 e. The molecule has 0 atom stereocenters. The van der Waals surface area contributed by atoms with Gasteiger partial charge in [0, 0.05) is 12.4 Å². The molecular formula is C15H12F3N3O3. The molecular weight excluding hydrogens is 327 g/mol. The van der Waals surface area contributed by atoms with Crippen molar-refractivity contribution in [3.05, 3.63) is 54.2 Å². The van der Waals surface area contributed by atoms with Crippen LogP contribution in [0.2, 0.25) is 0 Å². The maximum absolute atomic E-state index is 12.9. The predicted molar refractivity (Wildman–Crippen MR) is 77.2 cm³/mol. The topological polar surface area (TPSA) is 65.4 Å². The quantitative estimate of drug-likeness (QED) is 0.934. The predicted octanol–water partition coefficient (Wildman–Crippen LogP) is 2.72. The van der Waals surface area contributed by atoms with Crippen LogP contribution >= 0.6 is 0 Å². The Morgan fingerprint density at radius 1 is 1.29 bits per heavy atom. The van der Waals surface area contributed by atoms with E-state index in [1.165, 1.54) is 16.9 Å². The molecule has 126 valence electrons. The summed E-state index contributed by atoms with van der Waals surface area (Å²) in [6, 6.07) is 4.62. The van der Waals surface area contributed by atoms with E-state index in [1.807, 2.05) is 0 Å². The van der Waals surface area contributed by atoms with Crippen LogP contribution < -0.4 is 5.32 Å². The molecule has 1 aromatic carbocycles. The number of benzene rings is 1. The summed E-state index contributed by atoms with van der Waals surface area (Å²) in [6.07, 6.45) is -0.381. The third-order valence-electron chi connectivity index (χ3n) is 3.20. The number of amides is 1. The van der Waals surface area contributed by atoms with E-state index >= 15 is 0 Å². The van der Waals surface area contributed by atoms with Crippen LogP contribution in [0.3, 0.4) is 0 Å². The van der Waals surface area contributed by atoms with Crippen molar-refractivity contribution in [2.24, 2.45) is 0 Å². The van der Waals surface area contributed by atoms with E-state index in [2.05, 4.69) is 10.4 Å². The Bertz CT molecular complexity index is 770. The van der Waals surface area contributed by atoms with E-state index in [4.69, 9.17) is 9.47 Å². The van der Waals surface area contributed by atoms with Crippen molar-refractivity contribution in [2.75, 3.05) is 18.5 Å². The summed E-state index contributed by atoms with van der Waals surface area (Å²) in [4.78, 5) is 12.2. The summed E-state index contributed by atoms with van der Waals surface area (Å²) < 4.78 is 50.3. The fourth-order valence-corrected chi connectivity index (χ4v) is 2.09. The maximum atomic E-state index is 12.9. The molecule has 1 amide bonds. The van der Waals surface area contributed by atoms with Gasteiger partial charge in [-0.1, -0.05) is 0 Å². The monoisotopic (exact) mass is 339 g/mol. The van der Waals surface area contributed by atoms with Crippen molar-refractivity contribution < 1.29 is 27.4 Å². The molecule has 0 unspecified atom stereocenters. The Hall–Kier alpha value is -2.97. The minimum atomic E-state index is -4.54. The second-order valence-corrected chi connectivity index (χ2v) is 4.84. The molecule has 0 bridgehead atoms. The van der Waals surface area contributed by atoms with Gasteiger partial charge in [0.2, 0.25) is 5.76 Å². The lowest BCUT2D eigenvalue weighted by Gasteiger charge is -2.17.